The number of hydrogen-bond donors (Lipinski definition) is 0. The minimum absolute atomic E-state index is 0.230. The molecule has 1 aliphatic heterocycles. The van der Waals surface area contributed by atoms with Crippen LogP contribution < -0.4 is 0 Å². The van der Waals surface area contributed by atoms with Crippen molar-refractivity contribution in [2.45, 2.75) is 38.3 Å². The van der Waals surface area contributed by atoms with Crippen LogP contribution in [0.15, 0.2) is 91.0 Å². The third-order valence-electron chi connectivity index (χ3n) is 6.59. The fraction of sp³-hybridized carbons (Fsp3) is 0.357. The Hall–Kier alpha value is -2.24. The van der Waals surface area contributed by atoms with Crippen LogP contribution in [-0.2, 0) is 18.9 Å². The summed E-state index contributed by atoms with van der Waals surface area (Å²) < 4.78 is 18.7. The summed E-state index contributed by atoms with van der Waals surface area (Å²) in [6, 6.07) is 32.5. The van der Waals surface area contributed by atoms with Crippen LogP contribution >= 0.6 is 0 Å². The molecule has 1 fully saturated rings. The van der Waals surface area contributed by atoms with Crippen LogP contribution in [0.5, 0.6) is 0 Å². The van der Waals surface area contributed by atoms with Crippen molar-refractivity contribution in [3.05, 3.63) is 108 Å². The summed E-state index contributed by atoms with van der Waals surface area (Å²) in [6.07, 6.45) is -0.230. The lowest BCUT2D eigenvalue weighted by Gasteiger charge is -2.47. The van der Waals surface area contributed by atoms with Crippen molar-refractivity contribution in [3.8, 4) is 0 Å². The van der Waals surface area contributed by atoms with Gasteiger partial charge in [-0.15, -0.1) is 0 Å². The Morgan fingerprint density at radius 3 is 1.47 bits per heavy atom. The number of benzene rings is 3. The van der Waals surface area contributed by atoms with Crippen molar-refractivity contribution in [1.29, 1.82) is 0 Å². The Labute approximate surface area is 193 Å². The molecule has 0 aromatic heterocycles. The zero-order valence-electron chi connectivity index (χ0n) is 19.6. The van der Waals surface area contributed by atoms with Crippen LogP contribution in [0.2, 0.25) is 13.1 Å². The summed E-state index contributed by atoms with van der Waals surface area (Å²) in [5.41, 5.74) is 3.55. The fourth-order valence-electron chi connectivity index (χ4n) is 4.96. The smallest absolute Gasteiger partial charge is 0.205 e. The summed E-state index contributed by atoms with van der Waals surface area (Å²) in [7, 11) is -2.48. The quantitative estimate of drug-likeness (QED) is 0.305. The standard InChI is InChI=1S/C28H34O3Si/c1-27(2,26-29-20-21-30-26)22-31-32(3,4)28(23-14-8-5-9-15-23,24-16-10-6-11-17-24)25-18-12-7-13-19-25/h5-19,26H,20-22H2,1-4H3. The van der Waals surface area contributed by atoms with Crippen LogP contribution in [0, 0.1) is 5.41 Å². The van der Waals surface area contributed by atoms with Gasteiger partial charge in [0.05, 0.1) is 18.3 Å². The zero-order valence-corrected chi connectivity index (χ0v) is 20.6. The summed E-state index contributed by atoms with van der Waals surface area (Å²) in [5.74, 6) is 0. The van der Waals surface area contributed by atoms with Gasteiger partial charge in [0.1, 0.15) is 0 Å². The van der Waals surface area contributed by atoms with Crippen molar-refractivity contribution in [2.75, 3.05) is 19.8 Å². The highest BCUT2D eigenvalue weighted by molar-refractivity contribution is 6.76. The van der Waals surface area contributed by atoms with Crippen molar-refractivity contribution < 1.29 is 13.9 Å². The van der Waals surface area contributed by atoms with E-state index in [1.54, 1.807) is 0 Å². The average molecular weight is 447 g/mol. The summed E-state index contributed by atoms with van der Waals surface area (Å²) in [5, 5.41) is -0.371. The molecule has 0 radical (unpaired) electrons. The van der Waals surface area contributed by atoms with E-state index in [0.717, 1.165) is 0 Å². The van der Waals surface area contributed by atoms with E-state index in [1.807, 2.05) is 0 Å². The van der Waals surface area contributed by atoms with E-state index in [1.165, 1.54) is 16.7 Å². The highest BCUT2D eigenvalue weighted by Gasteiger charge is 2.53. The summed E-state index contributed by atoms with van der Waals surface area (Å²) in [4.78, 5) is 0. The predicted octanol–water partition coefficient (Wildman–Crippen LogP) is 6.18. The molecule has 4 heteroatoms. The van der Waals surface area contributed by atoms with Gasteiger partial charge in [-0.3, -0.25) is 0 Å². The largest absolute Gasteiger partial charge is 0.415 e. The van der Waals surface area contributed by atoms with Gasteiger partial charge in [-0.2, -0.15) is 0 Å². The third-order valence-corrected chi connectivity index (χ3v) is 10.1. The van der Waals surface area contributed by atoms with Crippen LogP contribution in [0.25, 0.3) is 0 Å². The van der Waals surface area contributed by atoms with Crippen LogP contribution in [-0.4, -0.2) is 34.4 Å². The highest BCUT2D eigenvalue weighted by atomic mass is 28.4. The normalized spacial score (nSPS) is 15.8. The first-order valence-corrected chi connectivity index (χ1v) is 14.3. The maximum atomic E-state index is 7.01. The molecule has 0 spiro atoms. The van der Waals surface area contributed by atoms with Crippen LogP contribution in [0.1, 0.15) is 30.5 Å². The molecular weight excluding hydrogens is 412 g/mol. The fourth-order valence-corrected chi connectivity index (χ4v) is 8.49. The predicted molar refractivity (Wildman–Crippen MR) is 132 cm³/mol. The molecule has 4 rings (SSSR count). The van der Waals surface area contributed by atoms with Crippen LogP contribution in [0.4, 0.5) is 0 Å². The molecule has 3 aromatic rings. The molecule has 32 heavy (non-hydrogen) atoms. The molecule has 0 bridgehead atoms. The molecule has 0 unspecified atom stereocenters. The van der Waals surface area contributed by atoms with Gasteiger partial charge in [0.2, 0.25) is 8.32 Å². The monoisotopic (exact) mass is 446 g/mol. The van der Waals surface area contributed by atoms with E-state index in [9.17, 15) is 0 Å². The van der Waals surface area contributed by atoms with E-state index in [-0.39, 0.29) is 16.7 Å². The average Bonchev–Trinajstić information content (AvgIpc) is 3.37. The molecule has 3 aromatic carbocycles. The Kier molecular flexibility index (Phi) is 6.68. The van der Waals surface area contributed by atoms with Crippen molar-refractivity contribution in [2.24, 2.45) is 5.41 Å². The molecule has 0 saturated carbocycles. The minimum atomic E-state index is -2.48. The van der Waals surface area contributed by atoms with Gasteiger partial charge in [-0.25, -0.2) is 0 Å². The molecule has 1 aliphatic rings. The lowest BCUT2D eigenvalue weighted by Crippen LogP contribution is -2.57. The van der Waals surface area contributed by atoms with Gasteiger partial charge in [0.25, 0.3) is 0 Å². The van der Waals surface area contributed by atoms with Gasteiger partial charge in [0, 0.05) is 12.0 Å². The van der Waals surface area contributed by atoms with Gasteiger partial charge in [-0.1, -0.05) is 105 Å². The first-order valence-electron chi connectivity index (χ1n) is 11.4. The van der Waals surface area contributed by atoms with Gasteiger partial charge < -0.3 is 13.9 Å². The molecule has 0 amide bonds. The van der Waals surface area contributed by atoms with Gasteiger partial charge in [0.15, 0.2) is 6.29 Å². The molecular formula is C28H34O3Si. The lowest BCUT2D eigenvalue weighted by atomic mass is 9.84. The molecule has 0 N–H and O–H groups in total. The summed E-state index contributed by atoms with van der Waals surface area (Å²) in [6.45, 7) is 10.9. The Bertz CT molecular complexity index is 884. The Balaban J connectivity index is 1.84. The van der Waals surface area contributed by atoms with Gasteiger partial charge >= 0.3 is 0 Å². The third kappa shape index (κ3) is 4.20. The molecule has 1 saturated heterocycles. The van der Waals surface area contributed by atoms with E-state index >= 15 is 0 Å². The second-order valence-electron chi connectivity index (χ2n) is 9.71. The second kappa shape index (κ2) is 9.32. The number of rotatable bonds is 8. The lowest BCUT2D eigenvalue weighted by molar-refractivity contribution is -0.132. The van der Waals surface area contributed by atoms with Gasteiger partial charge in [-0.05, 0) is 29.8 Å². The summed E-state index contributed by atoms with van der Waals surface area (Å²) >= 11 is 0. The topological polar surface area (TPSA) is 27.7 Å². The molecule has 168 valence electrons. The number of hydrogen-bond acceptors (Lipinski definition) is 3. The van der Waals surface area contributed by atoms with E-state index < -0.39 is 8.32 Å². The van der Waals surface area contributed by atoms with Crippen LogP contribution in [0.3, 0.4) is 0 Å². The van der Waals surface area contributed by atoms with Crippen molar-refractivity contribution in [1.82, 2.24) is 0 Å². The Morgan fingerprint density at radius 2 is 1.09 bits per heavy atom. The maximum Gasteiger partial charge on any atom is 0.205 e. The van der Waals surface area contributed by atoms with E-state index in [4.69, 9.17) is 13.9 Å². The number of ether oxygens (including phenoxy) is 2. The first-order chi connectivity index (χ1) is 15.4. The molecule has 0 aliphatic carbocycles. The molecule has 0 atom stereocenters. The highest BCUT2D eigenvalue weighted by Crippen LogP contribution is 2.47. The van der Waals surface area contributed by atoms with Crippen molar-refractivity contribution >= 4 is 8.32 Å². The maximum absolute atomic E-state index is 7.01. The van der Waals surface area contributed by atoms with E-state index in [2.05, 4.69) is 118 Å². The van der Waals surface area contributed by atoms with Crippen molar-refractivity contribution in [3.63, 3.8) is 0 Å². The second-order valence-corrected chi connectivity index (χ2v) is 13.8. The SMILES string of the molecule is CC(C)(CO[Si](C)(C)C(c1ccccc1)(c1ccccc1)c1ccccc1)C1OCCO1. The van der Waals surface area contributed by atoms with E-state index in [0.29, 0.717) is 19.8 Å². The molecule has 1 heterocycles. The Morgan fingerprint density at radius 1 is 0.719 bits per heavy atom. The minimum Gasteiger partial charge on any atom is -0.415 e. The molecule has 3 nitrogen and oxygen atoms in total. The zero-order chi connectivity index (χ0) is 22.7. The first kappa shape index (κ1) is 22.9.